The average molecular weight is 932 g/mol. The summed E-state index contributed by atoms with van der Waals surface area (Å²) >= 11 is 12.1. The Kier molecular flexibility index (Phi) is 25.7. The van der Waals surface area contributed by atoms with Crippen molar-refractivity contribution in [3.8, 4) is 11.5 Å². The highest BCUT2D eigenvalue weighted by molar-refractivity contribution is 6.35. The van der Waals surface area contributed by atoms with Crippen LogP contribution in [-0.2, 0) is 35.3 Å². The lowest BCUT2D eigenvalue weighted by atomic mass is 9.96. The molecule has 8 N–H and O–H groups in total. The SMILES string of the molecule is CC(CN)C(Oc1ccc(Cl)cc1Cl)c1ccccc1.COc1cccc(COC(CC(C)N(C)C)c2ccccc2)c1.O=C(O)/C=C\C(=O)O.O=C(O)CC(O)(CC(=O)O)C(=O)O. The van der Waals surface area contributed by atoms with E-state index in [4.69, 9.17) is 73.8 Å². The van der Waals surface area contributed by atoms with Gasteiger partial charge in [0.2, 0.25) is 0 Å². The topological polar surface area (TPSA) is 264 Å². The Labute approximate surface area is 382 Å². The summed E-state index contributed by atoms with van der Waals surface area (Å²) in [5.74, 6) is -5.88. The lowest BCUT2D eigenvalue weighted by Gasteiger charge is -2.26. The Hall–Kier alpha value is -6.01. The van der Waals surface area contributed by atoms with Gasteiger partial charge in [-0.1, -0.05) is 103 Å². The molecule has 0 amide bonds. The van der Waals surface area contributed by atoms with Crippen molar-refractivity contribution in [3.63, 3.8) is 0 Å². The molecule has 0 heterocycles. The van der Waals surface area contributed by atoms with Crippen molar-refractivity contribution in [2.75, 3.05) is 27.7 Å². The van der Waals surface area contributed by atoms with Gasteiger partial charge in [0.05, 0.1) is 37.7 Å². The number of ether oxygens (including phenoxy) is 3. The highest BCUT2D eigenvalue weighted by Crippen LogP contribution is 2.34. The molecule has 348 valence electrons. The Morgan fingerprint density at radius 1 is 0.750 bits per heavy atom. The van der Waals surface area contributed by atoms with Gasteiger partial charge in [-0.2, -0.15) is 0 Å². The van der Waals surface area contributed by atoms with E-state index in [0.717, 1.165) is 23.3 Å². The van der Waals surface area contributed by atoms with Gasteiger partial charge < -0.3 is 55.5 Å². The van der Waals surface area contributed by atoms with Crippen molar-refractivity contribution >= 4 is 53.0 Å². The number of hydrogen-bond acceptors (Lipinski definition) is 11. The number of methoxy groups -OCH3 is 1. The second kappa shape index (κ2) is 29.4. The Morgan fingerprint density at radius 3 is 1.72 bits per heavy atom. The van der Waals surface area contributed by atoms with Gasteiger partial charge in [-0.15, -0.1) is 0 Å². The zero-order valence-electron chi connectivity index (χ0n) is 36.0. The predicted molar refractivity (Wildman–Crippen MR) is 241 cm³/mol. The zero-order chi connectivity index (χ0) is 48.4. The van der Waals surface area contributed by atoms with Crippen LogP contribution in [0.5, 0.6) is 11.5 Å². The van der Waals surface area contributed by atoms with E-state index in [1.54, 1.807) is 25.3 Å². The van der Waals surface area contributed by atoms with Crippen LogP contribution in [0.25, 0.3) is 0 Å². The molecule has 0 aliphatic rings. The van der Waals surface area contributed by atoms with Gasteiger partial charge in [-0.05, 0) is 81.0 Å². The standard InChI is InChI=1S/C20H27NO2.C16H17Cl2NO.C6H8O7.C4H4O4/c1-16(21(2)3)13-20(18-10-6-5-7-11-18)23-15-17-9-8-12-19(14-17)22-4;1-11(10-19)16(12-5-3-2-4-6-12)20-15-8-7-13(17)9-14(15)18;7-3(8)1-6(13,5(11)12)2-4(9)10;5-3(6)1-2-4(7)8/h5-12,14,16,20H,13,15H2,1-4H3;2-9,11,16H,10,19H2,1H3;13H,1-2H2,(H,7,8)(H,9,10)(H,11,12);1-2H,(H,5,6)(H,7,8)/b;;;2-1-. The smallest absolute Gasteiger partial charge is 0.336 e. The summed E-state index contributed by atoms with van der Waals surface area (Å²) in [6, 6.07) is 34.2. The lowest BCUT2D eigenvalue weighted by Crippen LogP contribution is -2.42. The van der Waals surface area contributed by atoms with Crippen LogP contribution in [0.4, 0.5) is 0 Å². The number of aliphatic carboxylic acids is 5. The summed E-state index contributed by atoms with van der Waals surface area (Å²) < 4.78 is 17.6. The number of hydrogen-bond donors (Lipinski definition) is 7. The molecule has 4 rings (SSSR count). The lowest BCUT2D eigenvalue weighted by molar-refractivity contribution is -0.170. The van der Waals surface area contributed by atoms with Crippen LogP contribution in [0.1, 0.15) is 62.0 Å². The number of halogens is 2. The minimum atomic E-state index is -2.74. The first kappa shape index (κ1) is 56.0. The molecule has 0 bridgehead atoms. The molecule has 0 spiro atoms. The Balaban J connectivity index is 0.000000455. The highest BCUT2D eigenvalue weighted by Gasteiger charge is 2.40. The van der Waals surface area contributed by atoms with Crippen LogP contribution in [0.15, 0.2) is 115 Å². The molecular weight excluding hydrogens is 875 g/mol. The average Bonchev–Trinajstić information content (AvgIpc) is 3.24. The zero-order valence-corrected chi connectivity index (χ0v) is 37.6. The molecule has 4 atom stereocenters. The molecule has 0 aromatic heterocycles. The van der Waals surface area contributed by atoms with Gasteiger partial charge in [0.25, 0.3) is 0 Å². The molecule has 0 radical (unpaired) electrons. The van der Waals surface area contributed by atoms with Crippen LogP contribution < -0.4 is 15.2 Å². The van der Waals surface area contributed by atoms with E-state index in [-0.39, 0.29) is 18.1 Å². The van der Waals surface area contributed by atoms with Gasteiger partial charge in [-0.25, -0.2) is 14.4 Å². The van der Waals surface area contributed by atoms with Gasteiger partial charge in [0.1, 0.15) is 17.6 Å². The third kappa shape index (κ3) is 22.4. The first-order valence-electron chi connectivity index (χ1n) is 19.5. The first-order valence-corrected chi connectivity index (χ1v) is 20.2. The fourth-order valence-electron chi connectivity index (χ4n) is 5.29. The molecule has 64 heavy (non-hydrogen) atoms. The summed E-state index contributed by atoms with van der Waals surface area (Å²) in [5, 5.41) is 50.5. The third-order valence-corrected chi connectivity index (χ3v) is 9.54. The first-order chi connectivity index (χ1) is 30.1. The molecule has 4 aromatic rings. The van der Waals surface area contributed by atoms with Crippen LogP contribution in [0.2, 0.25) is 10.0 Å². The van der Waals surface area contributed by atoms with Crippen molar-refractivity contribution in [2.45, 2.75) is 63.6 Å². The van der Waals surface area contributed by atoms with Gasteiger partial charge in [-0.3, -0.25) is 9.59 Å². The maximum absolute atomic E-state index is 10.3. The summed E-state index contributed by atoms with van der Waals surface area (Å²) in [5.41, 5.74) is 6.49. The normalized spacial score (nSPS) is 12.7. The number of nitrogens with zero attached hydrogens (tertiary/aromatic N) is 1. The minimum Gasteiger partial charge on any atom is -0.497 e. The van der Waals surface area contributed by atoms with E-state index in [1.165, 1.54) is 5.56 Å². The number of carboxylic acid groups (broad SMARTS) is 5. The molecule has 0 fully saturated rings. The van der Waals surface area contributed by atoms with Crippen LogP contribution >= 0.6 is 23.2 Å². The number of aliphatic hydroxyl groups is 1. The summed E-state index contributed by atoms with van der Waals surface area (Å²) in [6.45, 7) is 5.40. The number of carboxylic acids is 5. The number of rotatable bonds is 20. The van der Waals surface area contributed by atoms with Crippen LogP contribution in [-0.4, -0.2) is 105 Å². The van der Waals surface area contributed by atoms with Crippen molar-refractivity contribution in [3.05, 3.63) is 142 Å². The maximum Gasteiger partial charge on any atom is 0.336 e. The second-order valence-corrected chi connectivity index (χ2v) is 15.2. The van der Waals surface area contributed by atoms with Gasteiger partial charge in [0.15, 0.2) is 5.60 Å². The summed E-state index contributed by atoms with van der Waals surface area (Å²) in [7, 11) is 5.90. The van der Waals surface area contributed by atoms with Crippen LogP contribution in [0, 0.1) is 5.92 Å². The number of nitrogens with two attached hydrogens (primary N) is 1. The minimum absolute atomic E-state index is 0.0831. The largest absolute Gasteiger partial charge is 0.497 e. The predicted octanol–water partition coefficient (Wildman–Crippen LogP) is 7.46. The molecule has 16 nitrogen and oxygen atoms in total. The van der Waals surface area contributed by atoms with Crippen molar-refractivity contribution in [1.29, 1.82) is 0 Å². The summed E-state index contributed by atoms with van der Waals surface area (Å²) in [4.78, 5) is 51.8. The Morgan fingerprint density at radius 2 is 1.28 bits per heavy atom. The third-order valence-electron chi connectivity index (χ3n) is 9.01. The quantitative estimate of drug-likeness (QED) is 0.0424. The molecule has 0 saturated carbocycles. The van der Waals surface area contributed by atoms with Gasteiger partial charge >= 0.3 is 29.8 Å². The van der Waals surface area contributed by atoms with Gasteiger partial charge in [0, 0.05) is 29.1 Å². The van der Waals surface area contributed by atoms with Crippen molar-refractivity contribution < 1.29 is 68.8 Å². The van der Waals surface area contributed by atoms with Crippen molar-refractivity contribution in [1.82, 2.24) is 4.90 Å². The maximum atomic E-state index is 10.3. The van der Waals surface area contributed by atoms with E-state index in [2.05, 4.69) is 63.2 Å². The number of carbonyl (C=O) groups is 5. The monoisotopic (exact) mass is 930 g/mol. The van der Waals surface area contributed by atoms with Crippen molar-refractivity contribution in [2.24, 2.45) is 11.7 Å². The second-order valence-electron chi connectivity index (χ2n) is 14.3. The Bertz CT molecular complexity index is 2060. The fourth-order valence-corrected chi connectivity index (χ4v) is 5.74. The van der Waals surface area contributed by atoms with E-state index in [1.807, 2.05) is 54.6 Å². The van der Waals surface area contributed by atoms with E-state index in [0.29, 0.717) is 47.1 Å². The molecule has 0 aliphatic carbocycles. The number of benzene rings is 4. The molecule has 0 saturated heterocycles. The molecular formula is C46H56Cl2N2O14. The highest BCUT2D eigenvalue weighted by atomic mass is 35.5. The molecule has 0 aliphatic heterocycles. The fraction of sp³-hybridized carbons (Fsp3) is 0.326. The van der Waals surface area contributed by atoms with E-state index in [9.17, 15) is 24.0 Å². The molecule has 4 aromatic carbocycles. The molecule has 18 heteroatoms. The van der Waals surface area contributed by atoms with Crippen LogP contribution in [0.3, 0.4) is 0 Å². The van der Waals surface area contributed by atoms with E-state index >= 15 is 0 Å². The van der Waals surface area contributed by atoms with E-state index < -0.39 is 48.3 Å². The summed E-state index contributed by atoms with van der Waals surface area (Å²) in [6.07, 6.45) is -0.269. The molecule has 4 unspecified atom stereocenters.